The fourth-order valence-corrected chi connectivity index (χ4v) is 3.01. The lowest BCUT2D eigenvalue weighted by Gasteiger charge is -2.28. The highest BCUT2D eigenvalue weighted by molar-refractivity contribution is 5.97. The molecule has 1 unspecified atom stereocenters. The second-order valence-electron chi connectivity index (χ2n) is 7.69. The van der Waals surface area contributed by atoms with E-state index in [1.54, 1.807) is 12.1 Å². The van der Waals surface area contributed by atoms with Gasteiger partial charge in [0.25, 0.3) is 0 Å². The molecule has 0 bridgehead atoms. The SMILES string of the molecule is CC(C)C[C@H](N)C(=O)N(C(=O)OCc1ccccc1)C(C=O)COCc1ccccc1. The first-order valence-electron chi connectivity index (χ1n) is 10.3. The number of carbonyl (C=O) groups excluding carboxylic acids is 3. The molecule has 2 amide bonds. The van der Waals surface area contributed by atoms with Gasteiger partial charge in [0.15, 0.2) is 0 Å². The molecule has 7 nitrogen and oxygen atoms in total. The molecule has 166 valence electrons. The molecule has 0 saturated heterocycles. The minimum atomic E-state index is -1.14. The Kier molecular flexibility index (Phi) is 9.87. The highest BCUT2D eigenvalue weighted by Gasteiger charge is 2.34. The number of amides is 2. The maximum atomic E-state index is 13.0. The summed E-state index contributed by atoms with van der Waals surface area (Å²) in [6.45, 7) is 3.90. The third-order valence-corrected chi connectivity index (χ3v) is 4.57. The van der Waals surface area contributed by atoms with Gasteiger partial charge in [0.2, 0.25) is 5.91 Å². The second-order valence-corrected chi connectivity index (χ2v) is 7.69. The number of nitrogens with two attached hydrogens (primary N) is 1. The average Bonchev–Trinajstić information content (AvgIpc) is 2.77. The Bertz CT molecular complexity index is 826. The molecule has 2 rings (SSSR count). The standard InChI is InChI=1S/C24H30N2O5/c1-18(2)13-22(25)23(28)26(24(29)31-16-20-11-7-4-8-12-20)21(14-27)17-30-15-19-9-5-3-6-10-19/h3-12,14,18,21-22H,13,15-17,25H2,1-2H3/t21?,22-/m0/s1. The molecule has 31 heavy (non-hydrogen) atoms. The molecule has 0 heterocycles. The van der Waals surface area contributed by atoms with Crippen molar-refractivity contribution < 1.29 is 23.9 Å². The summed E-state index contributed by atoms with van der Waals surface area (Å²) < 4.78 is 10.9. The third-order valence-electron chi connectivity index (χ3n) is 4.57. The molecule has 0 fully saturated rings. The van der Waals surface area contributed by atoms with Crippen molar-refractivity contribution in [2.24, 2.45) is 11.7 Å². The van der Waals surface area contributed by atoms with Gasteiger partial charge in [-0.1, -0.05) is 74.5 Å². The summed E-state index contributed by atoms with van der Waals surface area (Å²) in [5.41, 5.74) is 7.69. The van der Waals surface area contributed by atoms with Crippen LogP contribution < -0.4 is 5.73 Å². The Balaban J connectivity index is 2.10. The van der Waals surface area contributed by atoms with Gasteiger partial charge in [0, 0.05) is 0 Å². The number of rotatable bonds is 11. The van der Waals surface area contributed by atoms with Gasteiger partial charge in [0.05, 0.1) is 19.3 Å². The predicted octanol–water partition coefficient (Wildman–Crippen LogP) is 3.31. The number of nitrogens with zero attached hydrogens (tertiary/aromatic N) is 1. The number of hydrogen-bond acceptors (Lipinski definition) is 6. The summed E-state index contributed by atoms with van der Waals surface area (Å²) in [7, 11) is 0. The summed E-state index contributed by atoms with van der Waals surface area (Å²) in [4.78, 5) is 38.3. The van der Waals surface area contributed by atoms with Gasteiger partial charge in [-0.05, 0) is 23.5 Å². The largest absolute Gasteiger partial charge is 0.444 e. The third kappa shape index (κ3) is 7.96. The van der Waals surface area contributed by atoms with E-state index in [1.807, 2.05) is 62.4 Å². The van der Waals surface area contributed by atoms with E-state index in [9.17, 15) is 14.4 Å². The maximum Gasteiger partial charge on any atom is 0.417 e. The first-order chi connectivity index (χ1) is 14.9. The van der Waals surface area contributed by atoms with Gasteiger partial charge in [-0.2, -0.15) is 0 Å². The van der Waals surface area contributed by atoms with Crippen LogP contribution in [0, 0.1) is 5.92 Å². The van der Waals surface area contributed by atoms with E-state index in [-0.39, 0.29) is 25.7 Å². The van der Waals surface area contributed by atoms with Crippen molar-refractivity contribution in [1.82, 2.24) is 4.90 Å². The minimum absolute atomic E-state index is 0.0285. The first kappa shape index (κ1) is 24.2. The zero-order valence-corrected chi connectivity index (χ0v) is 18.0. The second kappa shape index (κ2) is 12.6. The number of ether oxygens (including phenoxy) is 2. The number of benzene rings is 2. The fourth-order valence-electron chi connectivity index (χ4n) is 3.01. The molecule has 2 aromatic rings. The lowest BCUT2D eigenvalue weighted by atomic mass is 10.0. The molecule has 7 heteroatoms. The lowest BCUT2D eigenvalue weighted by Crippen LogP contribution is -2.54. The summed E-state index contributed by atoms with van der Waals surface area (Å²) in [6.07, 6.45) is -0.0413. The van der Waals surface area contributed by atoms with Crippen molar-refractivity contribution in [2.75, 3.05) is 6.61 Å². The van der Waals surface area contributed by atoms with E-state index in [4.69, 9.17) is 15.2 Å². The van der Waals surface area contributed by atoms with Crippen LogP contribution in [0.5, 0.6) is 0 Å². The van der Waals surface area contributed by atoms with Crippen molar-refractivity contribution in [1.29, 1.82) is 0 Å². The molecule has 0 radical (unpaired) electrons. The maximum absolute atomic E-state index is 13.0. The molecule has 0 aliphatic carbocycles. The van der Waals surface area contributed by atoms with Crippen molar-refractivity contribution >= 4 is 18.3 Å². The molecule has 2 aromatic carbocycles. The zero-order valence-electron chi connectivity index (χ0n) is 18.0. The van der Waals surface area contributed by atoms with E-state index in [0.717, 1.165) is 16.0 Å². The van der Waals surface area contributed by atoms with E-state index in [1.165, 1.54) is 0 Å². The average molecular weight is 427 g/mol. The van der Waals surface area contributed by atoms with Crippen LogP contribution in [-0.4, -0.2) is 41.9 Å². The van der Waals surface area contributed by atoms with E-state index in [2.05, 4.69) is 0 Å². The molecule has 0 saturated carbocycles. The zero-order chi connectivity index (χ0) is 22.6. The topological polar surface area (TPSA) is 98.9 Å². The lowest BCUT2D eigenvalue weighted by molar-refractivity contribution is -0.137. The molecule has 0 aliphatic heterocycles. The van der Waals surface area contributed by atoms with Crippen molar-refractivity contribution in [2.45, 2.75) is 45.6 Å². The van der Waals surface area contributed by atoms with Crippen LogP contribution in [0.15, 0.2) is 60.7 Å². The van der Waals surface area contributed by atoms with Crippen LogP contribution in [0.3, 0.4) is 0 Å². The Morgan fingerprint density at radius 1 is 0.968 bits per heavy atom. The quantitative estimate of drug-likeness (QED) is 0.554. The van der Waals surface area contributed by atoms with Gasteiger partial charge in [-0.3, -0.25) is 4.79 Å². The van der Waals surface area contributed by atoms with Crippen LogP contribution in [0.4, 0.5) is 4.79 Å². The monoisotopic (exact) mass is 426 g/mol. The van der Waals surface area contributed by atoms with Crippen LogP contribution in [0.2, 0.25) is 0 Å². The van der Waals surface area contributed by atoms with Gasteiger partial charge < -0.3 is 20.0 Å². The van der Waals surface area contributed by atoms with Crippen molar-refractivity contribution in [3.8, 4) is 0 Å². The highest BCUT2D eigenvalue weighted by atomic mass is 16.6. The Morgan fingerprint density at radius 2 is 1.52 bits per heavy atom. The summed E-state index contributed by atoms with van der Waals surface area (Å²) in [5, 5.41) is 0. The molecular formula is C24H30N2O5. The minimum Gasteiger partial charge on any atom is -0.444 e. The van der Waals surface area contributed by atoms with Crippen molar-refractivity contribution in [3.63, 3.8) is 0 Å². The normalized spacial score (nSPS) is 12.8. The van der Waals surface area contributed by atoms with Gasteiger partial charge in [-0.15, -0.1) is 0 Å². The molecular weight excluding hydrogens is 396 g/mol. The molecule has 0 spiro atoms. The number of hydrogen-bond donors (Lipinski definition) is 1. The van der Waals surface area contributed by atoms with Crippen molar-refractivity contribution in [3.05, 3.63) is 71.8 Å². The summed E-state index contributed by atoms with van der Waals surface area (Å²) >= 11 is 0. The molecule has 0 aliphatic rings. The van der Waals surface area contributed by atoms with E-state index < -0.39 is 24.1 Å². The van der Waals surface area contributed by atoms with E-state index >= 15 is 0 Å². The Hall–Kier alpha value is -3.03. The summed E-state index contributed by atoms with van der Waals surface area (Å²) in [6, 6.07) is 16.4. The Morgan fingerprint density at radius 3 is 2.03 bits per heavy atom. The van der Waals surface area contributed by atoms with Crippen LogP contribution in [0.25, 0.3) is 0 Å². The van der Waals surface area contributed by atoms with Gasteiger partial charge in [0.1, 0.15) is 18.9 Å². The van der Waals surface area contributed by atoms with Crippen LogP contribution >= 0.6 is 0 Å². The predicted molar refractivity (Wildman–Crippen MR) is 117 cm³/mol. The van der Waals surface area contributed by atoms with E-state index in [0.29, 0.717) is 12.7 Å². The highest BCUT2D eigenvalue weighted by Crippen LogP contribution is 2.13. The smallest absolute Gasteiger partial charge is 0.417 e. The number of imide groups is 1. The number of aldehydes is 1. The first-order valence-corrected chi connectivity index (χ1v) is 10.3. The fraction of sp³-hybridized carbons (Fsp3) is 0.375. The molecule has 2 N–H and O–H groups in total. The summed E-state index contributed by atoms with van der Waals surface area (Å²) in [5.74, 6) is -0.516. The van der Waals surface area contributed by atoms with Crippen LogP contribution in [-0.2, 0) is 32.3 Å². The molecule has 2 atom stereocenters. The van der Waals surface area contributed by atoms with Crippen LogP contribution in [0.1, 0.15) is 31.4 Å². The molecule has 0 aromatic heterocycles. The number of carbonyl (C=O) groups is 3. The Labute approximate surface area is 183 Å². The van der Waals surface area contributed by atoms with Gasteiger partial charge >= 0.3 is 6.09 Å². The van der Waals surface area contributed by atoms with Gasteiger partial charge in [-0.25, -0.2) is 9.69 Å².